The van der Waals surface area contributed by atoms with Crippen molar-refractivity contribution >= 4 is 86.6 Å². The zero-order chi connectivity index (χ0) is 73.1. The standard InChI is InChI=1S/C29H35ClFN3O.C27H34Cl2N2O4.C27H34Cl2N2O3.2H2/c30-29-27-16-21(9-12-28(27)32-33-29)15-26(35)17-23-5-1-2-6-24(23)19-34-13-3-4-22(18-34)14-20-7-10-25(31)11-8-20;1-34-26-5-3-2-4-20(26)16-25(27(32)33)31-14-8-19(9-15-31)18-30-12-10-21(11-13-30)35-22-6-7-23(28)24(29)17-22;1-19-2-4-20(5-3-19)16-26(27(32)33)31-14-8-21(9-15-31)18-30-12-10-22(11-13-30)34-23-6-7-24(28)25(29)17-23;;/h7-12,16,22-24H,1-6,13-15,17-19H2,(H,32,33);2-7,17,19,21,25H,8-16,18H2,1H3,(H,32,33);2-7,17,21-22,26H,8-16,18H2,1H3,(H,32,33);2*1H/t22-,23-,24-;25-;;;/m00.../s1. The SMILES string of the molecule is COc1ccccc1C[C@@H](C(=O)O)N1CCC(CN2CCC(Oc3ccc(Cl)c(Cl)c3)CC2)CC1.Cc1ccc(CC(C(=O)O)N2CCC(CN3CCC(Oc4ccc(Cl)c(Cl)c4)CC3)CC2)cc1.O=C(Cc1ccc2n[nH]c(Cl)c2c1)C[C@@H]1CCCC[C@H]1CN1CCC[C@@H](Cc2ccc(F)cc2)C1.[HH].[HH]. The van der Waals surface area contributed by atoms with Gasteiger partial charge in [-0.15, -0.1) is 0 Å². The number of carboxylic acids is 2. The highest BCUT2D eigenvalue weighted by atomic mass is 35.5. The molecule has 1 aliphatic carbocycles. The van der Waals surface area contributed by atoms with E-state index in [0.29, 0.717) is 86.3 Å². The predicted octanol–water partition coefficient (Wildman–Crippen LogP) is 17.9. The number of hydrogen-bond acceptors (Lipinski definition) is 12. The van der Waals surface area contributed by atoms with Crippen LogP contribution in [0.15, 0.2) is 127 Å². The van der Waals surface area contributed by atoms with E-state index < -0.39 is 24.0 Å². The Balaban J connectivity index is 0.000000182. The zero-order valence-electron chi connectivity index (χ0n) is 60.2. The molecule has 104 heavy (non-hydrogen) atoms. The van der Waals surface area contributed by atoms with Crippen molar-refractivity contribution in [2.75, 3.05) is 92.2 Å². The molecule has 564 valence electrons. The Bertz CT molecular complexity index is 3890. The normalized spacial score (nSPS) is 20.9. The third-order valence-corrected chi connectivity index (χ3v) is 24.2. The number of carboxylic acid groups (broad SMARTS) is 2. The van der Waals surface area contributed by atoms with Gasteiger partial charge in [0.1, 0.15) is 58.3 Å². The van der Waals surface area contributed by atoms with Gasteiger partial charge in [0.25, 0.3) is 0 Å². The van der Waals surface area contributed by atoms with Crippen molar-refractivity contribution in [3.05, 3.63) is 186 Å². The summed E-state index contributed by atoms with van der Waals surface area (Å²) in [6.07, 6.45) is 19.1. The third kappa shape index (κ3) is 23.5. The van der Waals surface area contributed by atoms with Crippen molar-refractivity contribution in [1.82, 2.24) is 34.7 Å². The lowest BCUT2D eigenvalue weighted by molar-refractivity contribution is -0.144. The molecule has 5 saturated heterocycles. The number of piperidine rings is 5. The average molecular weight is 1530 g/mol. The summed E-state index contributed by atoms with van der Waals surface area (Å²) in [4.78, 5) is 49.1. The molecule has 15 nitrogen and oxygen atoms in total. The number of aromatic amines is 1. The fourth-order valence-electron chi connectivity index (χ4n) is 16.6. The minimum absolute atomic E-state index is 0. The number of nitrogens with zero attached hydrogens (tertiary/aromatic N) is 6. The van der Waals surface area contributed by atoms with Crippen LogP contribution < -0.4 is 14.2 Å². The molecule has 5 atom stereocenters. The van der Waals surface area contributed by atoms with Crippen LogP contribution in [-0.2, 0) is 40.1 Å². The quantitative estimate of drug-likeness (QED) is 0.0495. The maximum atomic E-state index is 13.3. The number of fused-ring (bicyclic) bond motifs is 1. The molecule has 0 radical (unpaired) electrons. The highest BCUT2D eigenvalue weighted by Crippen LogP contribution is 2.37. The number of aliphatic carboxylic acids is 2. The number of benzene rings is 6. The maximum absolute atomic E-state index is 13.3. The van der Waals surface area contributed by atoms with E-state index in [1.54, 1.807) is 43.5 Å². The number of likely N-dealkylation sites (tertiary alicyclic amines) is 5. The second-order valence-corrected chi connectivity index (χ2v) is 32.0. The first-order valence-corrected chi connectivity index (χ1v) is 39.6. The Kier molecular flexibility index (Phi) is 29.8. The molecule has 6 aliphatic rings. The summed E-state index contributed by atoms with van der Waals surface area (Å²) in [5.74, 6) is 3.90. The molecule has 13 rings (SSSR count). The molecular formula is C83H107Cl5FN7O8. The van der Waals surface area contributed by atoms with Crippen LogP contribution in [0, 0.1) is 42.3 Å². The van der Waals surface area contributed by atoms with Crippen molar-refractivity contribution in [3.63, 3.8) is 0 Å². The van der Waals surface area contributed by atoms with E-state index in [2.05, 4.69) is 53.8 Å². The highest BCUT2D eigenvalue weighted by Gasteiger charge is 2.35. The minimum atomic E-state index is -0.765. The Morgan fingerprint density at radius 2 is 1.09 bits per heavy atom. The van der Waals surface area contributed by atoms with Crippen LogP contribution in [0.4, 0.5) is 4.39 Å². The van der Waals surface area contributed by atoms with Gasteiger partial charge in [0, 0.05) is 92.0 Å². The molecule has 5 aliphatic heterocycles. The first kappa shape index (κ1) is 79.0. The number of methoxy groups -OCH3 is 1. The van der Waals surface area contributed by atoms with Crippen LogP contribution in [0.25, 0.3) is 10.9 Å². The molecule has 1 unspecified atom stereocenters. The molecule has 1 saturated carbocycles. The number of hydrogen-bond donors (Lipinski definition) is 3. The molecule has 3 N–H and O–H groups in total. The zero-order valence-corrected chi connectivity index (χ0v) is 64.0. The van der Waals surface area contributed by atoms with Gasteiger partial charge in [0.05, 0.1) is 32.7 Å². The van der Waals surface area contributed by atoms with E-state index in [-0.39, 0.29) is 20.9 Å². The molecule has 1 aromatic heterocycles. The predicted molar refractivity (Wildman–Crippen MR) is 420 cm³/mol. The van der Waals surface area contributed by atoms with Crippen molar-refractivity contribution in [2.45, 2.75) is 153 Å². The van der Waals surface area contributed by atoms with E-state index in [1.165, 1.54) is 43.2 Å². The van der Waals surface area contributed by atoms with Gasteiger partial charge in [0.15, 0.2) is 0 Å². The number of halogens is 6. The van der Waals surface area contributed by atoms with Gasteiger partial charge in [-0.3, -0.25) is 29.3 Å². The van der Waals surface area contributed by atoms with E-state index in [4.69, 9.17) is 72.2 Å². The van der Waals surface area contributed by atoms with Crippen LogP contribution in [0.3, 0.4) is 0 Å². The number of para-hydroxylation sites is 1. The average Bonchev–Trinajstić information content (AvgIpc) is 1.65. The van der Waals surface area contributed by atoms with Crippen molar-refractivity contribution in [2.24, 2.45) is 29.6 Å². The highest BCUT2D eigenvalue weighted by molar-refractivity contribution is 6.42. The van der Waals surface area contributed by atoms with Gasteiger partial charge in [-0.25, -0.2) is 4.39 Å². The second-order valence-electron chi connectivity index (χ2n) is 30.0. The van der Waals surface area contributed by atoms with Gasteiger partial charge in [-0.2, -0.15) is 5.10 Å². The van der Waals surface area contributed by atoms with E-state index in [1.807, 2.05) is 78.9 Å². The first-order chi connectivity index (χ1) is 50.3. The molecule has 0 spiro atoms. The number of rotatable bonds is 25. The van der Waals surface area contributed by atoms with E-state index >= 15 is 0 Å². The molecule has 6 heterocycles. The number of aromatic nitrogens is 2. The van der Waals surface area contributed by atoms with Crippen LogP contribution in [-0.4, -0.2) is 179 Å². The third-order valence-electron chi connectivity index (χ3n) is 22.5. The monoisotopic (exact) mass is 1520 g/mol. The van der Waals surface area contributed by atoms with Crippen LogP contribution in [0.2, 0.25) is 25.2 Å². The Labute approximate surface area is 641 Å². The molecule has 0 bridgehead atoms. The van der Waals surface area contributed by atoms with Crippen LogP contribution in [0.5, 0.6) is 17.2 Å². The first-order valence-electron chi connectivity index (χ1n) is 37.7. The number of Topliss-reactive ketones (excluding diaryl/α,β-unsaturated/α-hetero) is 1. The Morgan fingerprint density at radius 1 is 0.548 bits per heavy atom. The summed E-state index contributed by atoms with van der Waals surface area (Å²) in [7, 11) is 1.63. The number of carbonyl (C=O) groups excluding carboxylic acids is 1. The van der Waals surface area contributed by atoms with Gasteiger partial charge >= 0.3 is 11.9 Å². The van der Waals surface area contributed by atoms with Crippen LogP contribution in [0.1, 0.15) is 127 Å². The minimum Gasteiger partial charge on any atom is -0.496 e. The Morgan fingerprint density at radius 3 is 1.64 bits per heavy atom. The van der Waals surface area contributed by atoms with E-state index in [0.717, 1.165) is 194 Å². The van der Waals surface area contributed by atoms with Crippen molar-refractivity contribution < 1.29 is 46.1 Å². The van der Waals surface area contributed by atoms with Crippen LogP contribution >= 0.6 is 58.0 Å². The molecule has 6 fully saturated rings. The van der Waals surface area contributed by atoms with Gasteiger partial charge < -0.3 is 39.1 Å². The number of nitrogens with one attached hydrogen (secondary N) is 1. The van der Waals surface area contributed by atoms with Crippen molar-refractivity contribution in [3.8, 4) is 17.2 Å². The van der Waals surface area contributed by atoms with E-state index in [9.17, 15) is 29.0 Å². The summed E-state index contributed by atoms with van der Waals surface area (Å²) >= 11 is 30.4. The van der Waals surface area contributed by atoms with Gasteiger partial charge in [0.2, 0.25) is 0 Å². The summed E-state index contributed by atoms with van der Waals surface area (Å²) in [6, 6.07) is 38.7. The number of ketones is 1. The summed E-state index contributed by atoms with van der Waals surface area (Å²) < 4.78 is 30.9. The fourth-order valence-corrected chi connectivity index (χ4v) is 17.4. The smallest absolute Gasteiger partial charge is 0.321 e. The topological polar surface area (TPSA) is 164 Å². The molecular weight excluding hydrogens is 1420 g/mol. The summed E-state index contributed by atoms with van der Waals surface area (Å²) in [6.45, 7) is 15.0. The Hall–Kier alpha value is -6.02. The largest absolute Gasteiger partial charge is 0.496 e. The number of carbonyl (C=O) groups is 3. The number of ether oxygens (including phenoxy) is 3. The summed E-state index contributed by atoms with van der Waals surface area (Å²) in [5, 5.41) is 30.3. The van der Waals surface area contributed by atoms with Gasteiger partial charge in [-0.05, 0) is 236 Å². The lowest BCUT2D eigenvalue weighted by Gasteiger charge is -2.39. The van der Waals surface area contributed by atoms with Gasteiger partial charge in [-0.1, -0.05) is 137 Å². The maximum Gasteiger partial charge on any atom is 0.321 e. The molecule has 6 aromatic carbocycles. The fraction of sp³-hybridized carbons (Fsp3) is 0.518. The lowest BCUT2D eigenvalue weighted by atomic mass is 9.75. The van der Waals surface area contributed by atoms with Crippen molar-refractivity contribution in [1.29, 1.82) is 0 Å². The number of aryl methyl sites for hydroxylation is 1. The summed E-state index contributed by atoms with van der Waals surface area (Å²) in [5.41, 5.74) is 6.30. The molecule has 7 aromatic rings. The second kappa shape index (κ2) is 39.2. The lowest BCUT2D eigenvalue weighted by Crippen LogP contribution is -2.48. The number of H-pyrrole nitrogens is 1. The molecule has 0 amide bonds. The molecule has 21 heteroatoms.